The van der Waals surface area contributed by atoms with Gasteiger partial charge in [0.1, 0.15) is 25.3 Å². The number of nitrogens with two attached hydrogens (primary N) is 1. The number of carbonyl (C=O) groups excluding carboxylic acids is 4. The predicted molar refractivity (Wildman–Crippen MR) is 173 cm³/mol. The van der Waals surface area contributed by atoms with E-state index in [-0.39, 0.29) is 38.0 Å². The lowest BCUT2D eigenvalue weighted by molar-refractivity contribution is -0.128. The van der Waals surface area contributed by atoms with E-state index >= 15 is 0 Å². The molecule has 0 unspecified atom stereocenters. The first-order valence-corrected chi connectivity index (χ1v) is 15.2. The molecule has 0 radical (unpaired) electrons. The van der Waals surface area contributed by atoms with Crippen molar-refractivity contribution in [2.75, 3.05) is 18.5 Å². The molecule has 0 aromatic heterocycles. The molecular weight excluding hydrogens is 606 g/mol. The molecule has 248 valence electrons. The van der Waals surface area contributed by atoms with Crippen LogP contribution in [0.2, 0.25) is 0 Å². The topological polar surface area (TPSA) is 198 Å². The number of ether oxygens (including phenoxy) is 2. The Morgan fingerprint density at radius 3 is 2.02 bits per heavy atom. The monoisotopic (exact) mass is 645 g/mol. The van der Waals surface area contributed by atoms with Gasteiger partial charge in [-0.05, 0) is 58.7 Å². The molecule has 0 fully saturated rings. The quantitative estimate of drug-likeness (QED) is 0.110. The number of rotatable bonds is 14. The molecule has 13 heteroatoms. The van der Waals surface area contributed by atoms with Crippen LogP contribution in [0.3, 0.4) is 0 Å². The Balaban J connectivity index is 1.39. The van der Waals surface area contributed by atoms with Crippen molar-refractivity contribution in [3.05, 3.63) is 89.5 Å². The van der Waals surface area contributed by atoms with E-state index in [0.717, 1.165) is 22.3 Å². The van der Waals surface area contributed by atoms with Crippen LogP contribution in [0.25, 0.3) is 11.1 Å². The van der Waals surface area contributed by atoms with E-state index in [9.17, 15) is 24.0 Å². The van der Waals surface area contributed by atoms with Crippen molar-refractivity contribution in [2.24, 2.45) is 11.7 Å². The molecule has 3 aromatic rings. The Morgan fingerprint density at radius 2 is 1.45 bits per heavy atom. The molecule has 1 aliphatic carbocycles. The third-order valence-electron chi connectivity index (χ3n) is 7.75. The van der Waals surface area contributed by atoms with E-state index in [2.05, 4.69) is 26.0 Å². The third kappa shape index (κ3) is 9.45. The first kappa shape index (κ1) is 34.3. The van der Waals surface area contributed by atoms with E-state index < -0.39 is 42.2 Å². The normalized spacial score (nSPS) is 13.0. The molecule has 0 saturated carbocycles. The van der Waals surface area contributed by atoms with Gasteiger partial charge in [-0.15, -0.1) is 0 Å². The van der Waals surface area contributed by atoms with Crippen molar-refractivity contribution in [3.8, 4) is 11.1 Å². The lowest BCUT2D eigenvalue weighted by Crippen LogP contribution is -2.54. The minimum absolute atomic E-state index is 0.0748. The van der Waals surface area contributed by atoms with E-state index in [1.54, 1.807) is 38.1 Å². The summed E-state index contributed by atoms with van der Waals surface area (Å²) < 4.78 is 10.2. The number of hydrogen-bond acceptors (Lipinski definition) is 7. The Morgan fingerprint density at radius 1 is 0.830 bits per heavy atom. The predicted octanol–water partition coefficient (Wildman–Crippen LogP) is 4.32. The Bertz CT molecular complexity index is 1550. The zero-order valence-electron chi connectivity index (χ0n) is 26.2. The van der Waals surface area contributed by atoms with Gasteiger partial charge in [0.25, 0.3) is 0 Å². The highest BCUT2D eigenvalue weighted by molar-refractivity contribution is 5.98. The molecule has 0 aliphatic heterocycles. The van der Waals surface area contributed by atoms with Crippen LogP contribution >= 0.6 is 0 Å². The zero-order chi connectivity index (χ0) is 33.9. The van der Waals surface area contributed by atoms with Crippen molar-refractivity contribution < 1.29 is 38.6 Å². The van der Waals surface area contributed by atoms with Crippen molar-refractivity contribution in [2.45, 2.75) is 51.3 Å². The number of urea groups is 1. The second-order valence-electron chi connectivity index (χ2n) is 11.4. The van der Waals surface area contributed by atoms with Gasteiger partial charge in [0.2, 0.25) is 11.8 Å². The minimum atomic E-state index is -1.40. The maximum Gasteiger partial charge on any atom is 0.506 e. The molecule has 7 N–H and O–H groups in total. The molecule has 2 atom stereocenters. The van der Waals surface area contributed by atoms with Crippen LogP contribution in [0, 0.1) is 5.92 Å². The average molecular weight is 646 g/mol. The summed E-state index contributed by atoms with van der Waals surface area (Å²) in [6.45, 7) is 3.62. The number of primary amides is 1. The van der Waals surface area contributed by atoms with E-state index in [4.69, 9.17) is 15.6 Å². The smallest absolute Gasteiger partial charge is 0.450 e. The number of carboxylic acid groups (broad SMARTS) is 1. The summed E-state index contributed by atoms with van der Waals surface area (Å²) in [5, 5.41) is 19.3. The van der Waals surface area contributed by atoms with E-state index in [1.165, 1.54) is 0 Å². The highest BCUT2D eigenvalue weighted by Crippen LogP contribution is 2.44. The van der Waals surface area contributed by atoms with E-state index in [0.29, 0.717) is 17.7 Å². The number of benzene rings is 3. The van der Waals surface area contributed by atoms with E-state index in [1.807, 2.05) is 48.5 Å². The number of alkyl carbamates (subject to hydrolysis) is 1. The van der Waals surface area contributed by atoms with Crippen molar-refractivity contribution >= 4 is 35.8 Å². The summed E-state index contributed by atoms with van der Waals surface area (Å²) >= 11 is 0. The number of anilines is 1. The fourth-order valence-electron chi connectivity index (χ4n) is 5.41. The summed E-state index contributed by atoms with van der Waals surface area (Å²) in [6, 6.07) is 19.5. The third-order valence-corrected chi connectivity index (χ3v) is 7.75. The van der Waals surface area contributed by atoms with Gasteiger partial charge in [0, 0.05) is 18.2 Å². The summed E-state index contributed by atoms with van der Waals surface area (Å²) in [4.78, 5) is 61.5. The zero-order valence-corrected chi connectivity index (χ0v) is 26.2. The highest BCUT2D eigenvalue weighted by Gasteiger charge is 2.32. The van der Waals surface area contributed by atoms with Crippen molar-refractivity contribution in [1.29, 1.82) is 0 Å². The Labute approximate surface area is 272 Å². The SMILES string of the molecule is CC(C)[C@H](NC(=O)OCC1c2ccccc2-c2ccccc21)C(=O)N[C@@H](CCCNC(N)=O)C(=O)Nc1ccc(COC(=O)O)cc1. The molecule has 3 aromatic carbocycles. The van der Waals surface area contributed by atoms with Gasteiger partial charge in [-0.3, -0.25) is 9.59 Å². The van der Waals surface area contributed by atoms with Crippen molar-refractivity contribution in [3.63, 3.8) is 0 Å². The van der Waals surface area contributed by atoms with Gasteiger partial charge in [0.05, 0.1) is 0 Å². The maximum atomic E-state index is 13.5. The lowest BCUT2D eigenvalue weighted by atomic mass is 9.98. The Hall–Kier alpha value is -5.59. The molecular formula is C34H39N5O8. The number of hydrogen-bond donors (Lipinski definition) is 6. The van der Waals surface area contributed by atoms with Crippen LogP contribution in [-0.2, 0) is 25.7 Å². The largest absolute Gasteiger partial charge is 0.506 e. The van der Waals surface area contributed by atoms with Gasteiger partial charge < -0.3 is 41.6 Å². The number of carbonyl (C=O) groups is 5. The molecule has 1 aliphatic rings. The van der Waals surface area contributed by atoms with Gasteiger partial charge in [0.15, 0.2) is 0 Å². The van der Waals surface area contributed by atoms with Crippen LogP contribution in [0.4, 0.5) is 20.1 Å². The van der Waals surface area contributed by atoms with Gasteiger partial charge >= 0.3 is 18.3 Å². The fraction of sp³-hybridized carbons (Fsp3) is 0.324. The highest BCUT2D eigenvalue weighted by atomic mass is 16.7. The number of nitrogens with one attached hydrogen (secondary N) is 4. The molecule has 13 nitrogen and oxygen atoms in total. The minimum Gasteiger partial charge on any atom is -0.450 e. The van der Waals surface area contributed by atoms with Gasteiger partial charge in [-0.1, -0.05) is 74.5 Å². The fourth-order valence-corrected chi connectivity index (χ4v) is 5.41. The summed E-state index contributed by atoms with van der Waals surface area (Å²) in [7, 11) is 0. The molecule has 0 spiro atoms. The molecule has 5 amide bonds. The molecule has 0 heterocycles. The van der Waals surface area contributed by atoms with Crippen LogP contribution in [0.1, 0.15) is 49.3 Å². The lowest BCUT2D eigenvalue weighted by Gasteiger charge is -2.25. The molecule has 4 rings (SSSR count). The van der Waals surface area contributed by atoms with Gasteiger partial charge in [-0.25, -0.2) is 14.4 Å². The second-order valence-corrected chi connectivity index (χ2v) is 11.4. The summed E-state index contributed by atoms with van der Waals surface area (Å²) in [5.41, 5.74) is 10.4. The summed E-state index contributed by atoms with van der Waals surface area (Å²) in [6.07, 6.45) is -1.70. The Kier molecular flexibility index (Phi) is 11.8. The standard InChI is InChI=1S/C34H39N5O8/c1-20(2)29(39-33(43)46-19-27-25-10-5-3-8-23(25)24-9-4-6-11-26(24)27)31(41)38-28(12-7-17-36-32(35)42)30(40)37-22-15-13-21(14-16-22)18-47-34(44)45/h3-6,8-11,13-16,20,27-29H,7,12,17-19H2,1-2H3,(H,37,40)(H,38,41)(H,39,43)(H,44,45)(H3,35,36,42)/t28-,29-/m0/s1. The number of amides is 5. The molecule has 0 saturated heterocycles. The van der Waals surface area contributed by atoms with Crippen LogP contribution in [0.15, 0.2) is 72.8 Å². The maximum absolute atomic E-state index is 13.5. The average Bonchev–Trinajstić information content (AvgIpc) is 3.36. The summed E-state index contributed by atoms with van der Waals surface area (Å²) in [5.74, 6) is -1.62. The van der Waals surface area contributed by atoms with Gasteiger partial charge in [-0.2, -0.15) is 0 Å². The van der Waals surface area contributed by atoms with Crippen LogP contribution in [-0.4, -0.2) is 60.4 Å². The van der Waals surface area contributed by atoms with Crippen molar-refractivity contribution in [1.82, 2.24) is 16.0 Å². The number of fused-ring (bicyclic) bond motifs is 3. The molecule has 0 bridgehead atoms. The first-order valence-electron chi connectivity index (χ1n) is 15.2. The first-order chi connectivity index (χ1) is 22.5. The second kappa shape index (κ2) is 16.1. The molecule has 47 heavy (non-hydrogen) atoms. The van der Waals surface area contributed by atoms with Crippen LogP contribution < -0.4 is 27.0 Å². The van der Waals surface area contributed by atoms with Crippen LogP contribution in [0.5, 0.6) is 0 Å².